The molecule has 1 aromatic carbocycles. The topological polar surface area (TPSA) is 117 Å². The summed E-state index contributed by atoms with van der Waals surface area (Å²) in [4.78, 5) is 42.2. The third-order valence-corrected chi connectivity index (χ3v) is 7.36. The van der Waals surface area contributed by atoms with Crippen LogP contribution in [-0.2, 0) is 4.79 Å². The predicted octanol–water partition coefficient (Wildman–Crippen LogP) is 3.96. The number of nitrogens with one attached hydrogen (secondary N) is 2. The van der Waals surface area contributed by atoms with Gasteiger partial charge in [0.15, 0.2) is 0 Å². The number of aromatic nitrogens is 2. The van der Waals surface area contributed by atoms with Crippen molar-refractivity contribution >= 4 is 29.4 Å². The third-order valence-electron chi connectivity index (χ3n) is 6.45. The van der Waals surface area contributed by atoms with E-state index in [1.807, 2.05) is 34.0 Å². The van der Waals surface area contributed by atoms with E-state index in [4.69, 9.17) is 4.42 Å². The lowest BCUT2D eigenvalue weighted by molar-refractivity contribution is -0.129. The first-order valence-corrected chi connectivity index (χ1v) is 14.0. The van der Waals surface area contributed by atoms with Gasteiger partial charge in [-0.05, 0) is 64.4 Å². The van der Waals surface area contributed by atoms with Crippen molar-refractivity contribution < 1.29 is 18.8 Å². The van der Waals surface area contributed by atoms with Crippen molar-refractivity contribution in [2.75, 3.05) is 26.4 Å². The Kier molecular flexibility index (Phi) is 10.7. The molecule has 1 aromatic heterocycles. The Morgan fingerprint density at radius 3 is 2.43 bits per heavy atom. The highest BCUT2D eigenvalue weighted by atomic mass is 32.2. The van der Waals surface area contributed by atoms with Gasteiger partial charge in [0.2, 0.25) is 11.7 Å². The summed E-state index contributed by atoms with van der Waals surface area (Å²) in [6, 6.07) is 8.04. The van der Waals surface area contributed by atoms with Gasteiger partial charge in [-0.25, -0.2) is 0 Å². The molecular formula is C27H39N5O4S. The zero-order chi connectivity index (χ0) is 26.8. The van der Waals surface area contributed by atoms with Crippen molar-refractivity contribution in [3.8, 4) is 0 Å². The minimum atomic E-state index is -1.07. The second-order valence-corrected chi connectivity index (χ2v) is 11.4. The van der Waals surface area contributed by atoms with Gasteiger partial charge >= 0.3 is 0 Å². The molecule has 37 heavy (non-hydrogen) atoms. The molecule has 0 saturated heterocycles. The monoisotopic (exact) mass is 529 g/mol. The maximum atomic E-state index is 13.7. The largest absolute Gasteiger partial charge is 0.408 e. The Morgan fingerprint density at radius 1 is 1.08 bits per heavy atom. The maximum Gasteiger partial charge on any atom is 0.286 e. The van der Waals surface area contributed by atoms with Gasteiger partial charge in [0, 0.05) is 11.3 Å². The highest BCUT2D eigenvalue weighted by Gasteiger charge is 2.43. The standard InChI is InChI=1S/C27H39N5O4S/c1-19(2)18-21(22(33)24-30-31-26(36-24)37-17-11-16-32(3)4)28-25(35)27(14-9-6-10-15-27)29-23(34)20-12-7-5-8-13-20/h5,7-8,12-13,19,21H,6,9-11,14-18H2,1-4H3,(H,28,35)(H,29,34). The molecule has 1 aliphatic carbocycles. The van der Waals surface area contributed by atoms with Crippen molar-refractivity contribution in [3.05, 3.63) is 41.8 Å². The summed E-state index contributed by atoms with van der Waals surface area (Å²) < 4.78 is 5.65. The number of carbonyl (C=O) groups excluding carboxylic acids is 3. The number of hydrogen-bond donors (Lipinski definition) is 2. The first-order valence-electron chi connectivity index (χ1n) is 13.0. The molecule has 2 amide bonds. The molecule has 0 radical (unpaired) electrons. The van der Waals surface area contributed by atoms with E-state index >= 15 is 0 Å². The number of amides is 2. The molecular weight excluding hydrogens is 490 g/mol. The van der Waals surface area contributed by atoms with E-state index in [-0.39, 0.29) is 23.6 Å². The zero-order valence-electron chi connectivity index (χ0n) is 22.3. The number of benzene rings is 1. The highest BCUT2D eigenvalue weighted by Crippen LogP contribution is 2.30. The van der Waals surface area contributed by atoms with E-state index < -0.39 is 17.4 Å². The van der Waals surface area contributed by atoms with Gasteiger partial charge in [-0.1, -0.05) is 63.1 Å². The molecule has 1 atom stereocenters. The summed E-state index contributed by atoms with van der Waals surface area (Å²) in [7, 11) is 4.03. The van der Waals surface area contributed by atoms with Gasteiger partial charge in [-0.2, -0.15) is 0 Å². The molecule has 1 heterocycles. The Balaban J connectivity index is 1.72. The number of rotatable bonds is 13. The first kappa shape index (κ1) is 28.8. The third kappa shape index (κ3) is 8.39. The number of Topliss-reactive ketones (excluding diaryl/α,β-unsaturated/α-hetero) is 1. The summed E-state index contributed by atoms with van der Waals surface area (Å²) in [5.74, 6) is -0.213. The first-order chi connectivity index (χ1) is 17.7. The summed E-state index contributed by atoms with van der Waals surface area (Å²) in [5, 5.41) is 14.3. The minimum Gasteiger partial charge on any atom is -0.408 e. The van der Waals surface area contributed by atoms with Crippen LogP contribution >= 0.6 is 11.8 Å². The molecule has 9 nitrogen and oxygen atoms in total. The average Bonchev–Trinajstić information content (AvgIpc) is 3.35. The predicted molar refractivity (Wildman–Crippen MR) is 144 cm³/mol. The molecule has 1 aliphatic rings. The van der Waals surface area contributed by atoms with Crippen LogP contribution in [0.4, 0.5) is 0 Å². The summed E-state index contributed by atoms with van der Waals surface area (Å²) in [5.41, 5.74) is -0.570. The lowest BCUT2D eigenvalue weighted by Gasteiger charge is -2.37. The van der Waals surface area contributed by atoms with Crippen molar-refractivity contribution in [2.45, 2.75) is 75.6 Å². The van der Waals surface area contributed by atoms with E-state index in [9.17, 15) is 14.4 Å². The van der Waals surface area contributed by atoms with Crippen LogP contribution in [0.1, 0.15) is 79.8 Å². The zero-order valence-corrected chi connectivity index (χ0v) is 23.1. The fourth-order valence-electron chi connectivity index (χ4n) is 4.50. The molecule has 10 heteroatoms. The molecule has 1 saturated carbocycles. The second-order valence-electron chi connectivity index (χ2n) is 10.4. The molecule has 0 bridgehead atoms. The van der Waals surface area contributed by atoms with Crippen molar-refractivity contribution in [1.29, 1.82) is 0 Å². The van der Waals surface area contributed by atoms with Gasteiger partial charge in [0.1, 0.15) is 5.54 Å². The Morgan fingerprint density at radius 2 is 1.78 bits per heavy atom. The fraction of sp³-hybridized carbons (Fsp3) is 0.593. The summed E-state index contributed by atoms with van der Waals surface area (Å²) in [6.07, 6.45) is 5.06. The summed E-state index contributed by atoms with van der Waals surface area (Å²) in [6.45, 7) is 4.91. The van der Waals surface area contributed by atoms with Gasteiger partial charge in [0.25, 0.3) is 17.0 Å². The molecule has 3 rings (SSSR count). The van der Waals surface area contributed by atoms with Crippen LogP contribution in [0.3, 0.4) is 0 Å². The Hall–Kier alpha value is -2.72. The number of thioether (sulfide) groups is 1. The van der Waals surface area contributed by atoms with Crippen LogP contribution in [0.15, 0.2) is 40.0 Å². The van der Waals surface area contributed by atoms with E-state index in [0.29, 0.717) is 30.0 Å². The molecule has 0 spiro atoms. The molecule has 1 fully saturated rings. The van der Waals surface area contributed by atoms with E-state index in [2.05, 4.69) is 25.7 Å². The van der Waals surface area contributed by atoms with E-state index in [1.54, 1.807) is 24.3 Å². The second kappa shape index (κ2) is 13.7. The van der Waals surface area contributed by atoms with Gasteiger partial charge in [-0.3, -0.25) is 14.4 Å². The maximum absolute atomic E-state index is 13.7. The van der Waals surface area contributed by atoms with Crippen molar-refractivity contribution in [1.82, 2.24) is 25.7 Å². The van der Waals surface area contributed by atoms with Crippen molar-refractivity contribution in [2.24, 2.45) is 5.92 Å². The van der Waals surface area contributed by atoms with Crippen LogP contribution in [0.5, 0.6) is 0 Å². The number of carbonyl (C=O) groups is 3. The van der Waals surface area contributed by atoms with Crippen molar-refractivity contribution in [3.63, 3.8) is 0 Å². The van der Waals surface area contributed by atoms with E-state index in [1.165, 1.54) is 11.8 Å². The molecule has 2 aromatic rings. The van der Waals surface area contributed by atoms with E-state index in [0.717, 1.165) is 38.0 Å². The molecule has 1 unspecified atom stereocenters. The van der Waals surface area contributed by atoms with Gasteiger partial charge < -0.3 is 20.0 Å². The SMILES string of the molecule is CC(C)CC(NC(=O)C1(NC(=O)c2ccccc2)CCCCC1)C(=O)c1nnc(SCCCN(C)C)o1. The smallest absolute Gasteiger partial charge is 0.286 e. The van der Waals surface area contributed by atoms with Crippen LogP contribution in [-0.4, -0.2) is 70.7 Å². The molecule has 2 N–H and O–H groups in total. The number of hydrogen-bond acceptors (Lipinski definition) is 8. The normalized spacial score (nSPS) is 15.9. The Bertz CT molecular complexity index is 1030. The highest BCUT2D eigenvalue weighted by molar-refractivity contribution is 7.99. The van der Waals surface area contributed by atoms with Gasteiger partial charge in [0.05, 0.1) is 6.04 Å². The van der Waals surface area contributed by atoms with Crippen LogP contribution < -0.4 is 10.6 Å². The quantitative estimate of drug-likeness (QED) is 0.227. The van der Waals surface area contributed by atoms with Gasteiger partial charge in [-0.15, -0.1) is 10.2 Å². The number of nitrogens with zero attached hydrogens (tertiary/aromatic N) is 3. The van der Waals surface area contributed by atoms with Crippen LogP contribution in [0, 0.1) is 5.92 Å². The number of ketones is 1. The fourth-order valence-corrected chi connectivity index (χ4v) is 5.18. The van der Waals surface area contributed by atoms with Crippen LogP contribution in [0.2, 0.25) is 0 Å². The lowest BCUT2D eigenvalue weighted by Crippen LogP contribution is -2.62. The molecule has 202 valence electrons. The van der Waals surface area contributed by atoms with Crippen LogP contribution in [0.25, 0.3) is 0 Å². The molecule has 0 aliphatic heterocycles. The average molecular weight is 530 g/mol. The Labute approximate surface area is 223 Å². The minimum absolute atomic E-state index is 0.105. The lowest BCUT2D eigenvalue weighted by atomic mass is 9.80. The summed E-state index contributed by atoms with van der Waals surface area (Å²) >= 11 is 1.41.